The summed E-state index contributed by atoms with van der Waals surface area (Å²) < 4.78 is 0. The van der Waals surface area contributed by atoms with Crippen LogP contribution in [0.15, 0.2) is 60.3 Å². The summed E-state index contributed by atoms with van der Waals surface area (Å²) in [6.45, 7) is 1.25. The van der Waals surface area contributed by atoms with Gasteiger partial charge in [0, 0.05) is 24.6 Å². The quantitative estimate of drug-likeness (QED) is 0.418. The standard InChI is InChI=1S/C18H16N4O5/c1-12(23)19-16(11-13-5-3-2-4-6-13)18(25)21-20-17(24)14-7-9-15(10-8-14)22(26)27/h2-11H,1H3,(H,19,23)(H,20,24)(H,21,25)/b16-11-. The van der Waals surface area contributed by atoms with Crippen molar-refractivity contribution < 1.29 is 19.3 Å². The first-order valence-corrected chi connectivity index (χ1v) is 7.76. The Morgan fingerprint density at radius 3 is 2.15 bits per heavy atom. The third-order valence-corrected chi connectivity index (χ3v) is 3.30. The molecule has 0 aromatic heterocycles. The van der Waals surface area contributed by atoms with Crippen molar-refractivity contribution >= 4 is 29.5 Å². The molecule has 2 aromatic carbocycles. The van der Waals surface area contributed by atoms with Gasteiger partial charge >= 0.3 is 0 Å². The molecule has 0 fully saturated rings. The minimum atomic E-state index is -0.732. The van der Waals surface area contributed by atoms with Crippen LogP contribution in [0.3, 0.4) is 0 Å². The Hall–Kier alpha value is -4.01. The van der Waals surface area contributed by atoms with Gasteiger partial charge in [-0.1, -0.05) is 30.3 Å². The zero-order chi connectivity index (χ0) is 19.8. The summed E-state index contributed by atoms with van der Waals surface area (Å²) in [5, 5.41) is 13.0. The highest BCUT2D eigenvalue weighted by molar-refractivity contribution is 6.03. The first-order valence-electron chi connectivity index (χ1n) is 7.76. The number of amides is 3. The molecule has 27 heavy (non-hydrogen) atoms. The van der Waals surface area contributed by atoms with Crippen LogP contribution in [0, 0.1) is 10.1 Å². The third-order valence-electron chi connectivity index (χ3n) is 3.30. The van der Waals surface area contributed by atoms with E-state index in [1.165, 1.54) is 37.3 Å². The van der Waals surface area contributed by atoms with E-state index in [2.05, 4.69) is 16.2 Å². The summed E-state index contributed by atoms with van der Waals surface area (Å²) >= 11 is 0. The minimum Gasteiger partial charge on any atom is -0.322 e. The average molecular weight is 368 g/mol. The summed E-state index contributed by atoms with van der Waals surface area (Å²) in [6, 6.07) is 13.7. The lowest BCUT2D eigenvalue weighted by Crippen LogP contribution is -2.44. The molecule has 0 heterocycles. The number of carbonyl (C=O) groups excluding carboxylic acids is 3. The summed E-state index contributed by atoms with van der Waals surface area (Å²) in [4.78, 5) is 45.6. The van der Waals surface area contributed by atoms with Crippen molar-refractivity contribution in [3.8, 4) is 0 Å². The summed E-state index contributed by atoms with van der Waals surface area (Å²) in [5.41, 5.74) is 4.96. The number of benzene rings is 2. The topological polar surface area (TPSA) is 130 Å². The van der Waals surface area contributed by atoms with Gasteiger partial charge in [-0.15, -0.1) is 0 Å². The number of hydrogen-bond acceptors (Lipinski definition) is 5. The molecule has 0 saturated carbocycles. The lowest BCUT2D eigenvalue weighted by molar-refractivity contribution is -0.384. The third kappa shape index (κ3) is 5.78. The van der Waals surface area contributed by atoms with Gasteiger partial charge in [0.25, 0.3) is 17.5 Å². The van der Waals surface area contributed by atoms with Crippen molar-refractivity contribution in [3.63, 3.8) is 0 Å². The zero-order valence-electron chi connectivity index (χ0n) is 14.3. The second-order valence-corrected chi connectivity index (χ2v) is 5.36. The maximum atomic E-state index is 12.3. The molecule has 9 heteroatoms. The SMILES string of the molecule is CC(=O)N/C(=C\c1ccccc1)C(=O)NNC(=O)c1ccc([N+](=O)[O-])cc1. The van der Waals surface area contributed by atoms with E-state index in [4.69, 9.17) is 0 Å². The largest absolute Gasteiger partial charge is 0.322 e. The molecule has 0 radical (unpaired) electrons. The fourth-order valence-corrected chi connectivity index (χ4v) is 2.05. The molecular weight excluding hydrogens is 352 g/mol. The normalized spacial score (nSPS) is 10.6. The maximum absolute atomic E-state index is 12.3. The Kier molecular flexibility index (Phi) is 6.37. The number of nitrogens with zero attached hydrogens (tertiary/aromatic N) is 1. The first-order chi connectivity index (χ1) is 12.9. The molecule has 0 unspecified atom stereocenters. The highest BCUT2D eigenvalue weighted by Gasteiger charge is 2.14. The monoisotopic (exact) mass is 368 g/mol. The van der Waals surface area contributed by atoms with E-state index in [-0.39, 0.29) is 16.9 Å². The Labute approximate surface area is 154 Å². The molecule has 3 amide bonds. The summed E-state index contributed by atoms with van der Waals surface area (Å²) in [6.07, 6.45) is 1.45. The number of rotatable bonds is 5. The Balaban J connectivity index is 2.06. The highest BCUT2D eigenvalue weighted by atomic mass is 16.6. The molecule has 2 rings (SSSR count). The van der Waals surface area contributed by atoms with Gasteiger partial charge in [-0.2, -0.15) is 0 Å². The zero-order valence-corrected chi connectivity index (χ0v) is 14.3. The van der Waals surface area contributed by atoms with E-state index < -0.39 is 22.6 Å². The number of carbonyl (C=O) groups is 3. The van der Waals surface area contributed by atoms with Gasteiger partial charge in [0.15, 0.2) is 0 Å². The molecular formula is C18H16N4O5. The van der Waals surface area contributed by atoms with E-state index in [0.29, 0.717) is 5.56 Å². The number of non-ortho nitro benzene ring substituents is 1. The van der Waals surface area contributed by atoms with Crippen molar-refractivity contribution in [1.29, 1.82) is 0 Å². The van der Waals surface area contributed by atoms with E-state index in [0.717, 1.165) is 0 Å². The molecule has 3 N–H and O–H groups in total. The number of nitro groups is 1. The molecule has 0 aliphatic heterocycles. The Bertz CT molecular complexity index is 892. The van der Waals surface area contributed by atoms with Gasteiger partial charge in [-0.3, -0.25) is 35.3 Å². The van der Waals surface area contributed by atoms with Crippen molar-refractivity contribution in [3.05, 3.63) is 81.5 Å². The van der Waals surface area contributed by atoms with Gasteiger partial charge in [-0.05, 0) is 23.8 Å². The van der Waals surface area contributed by atoms with Crippen molar-refractivity contribution in [2.24, 2.45) is 0 Å². The van der Waals surface area contributed by atoms with Gasteiger partial charge in [0.05, 0.1) is 4.92 Å². The molecule has 0 saturated heterocycles. The summed E-state index contributed by atoms with van der Waals surface area (Å²) in [5.74, 6) is -1.85. The molecule has 2 aromatic rings. The highest BCUT2D eigenvalue weighted by Crippen LogP contribution is 2.11. The molecule has 0 aliphatic carbocycles. The molecule has 0 aliphatic rings. The van der Waals surface area contributed by atoms with Gasteiger partial charge < -0.3 is 5.32 Å². The van der Waals surface area contributed by atoms with Crippen LogP contribution in [0.25, 0.3) is 6.08 Å². The van der Waals surface area contributed by atoms with Gasteiger partial charge in [0.1, 0.15) is 5.70 Å². The van der Waals surface area contributed by atoms with Crippen LogP contribution in [0.2, 0.25) is 0 Å². The number of nitro benzene ring substituents is 1. The van der Waals surface area contributed by atoms with Crippen LogP contribution < -0.4 is 16.2 Å². The van der Waals surface area contributed by atoms with Gasteiger partial charge in [0.2, 0.25) is 5.91 Å². The number of hydrogen-bond donors (Lipinski definition) is 3. The van der Waals surface area contributed by atoms with Crippen LogP contribution in [-0.2, 0) is 9.59 Å². The second kappa shape index (κ2) is 8.90. The van der Waals surface area contributed by atoms with E-state index >= 15 is 0 Å². The van der Waals surface area contributed by atoms with Crippen molar-refractivity contribution in [2.45, 2.75) is 6.92 Å². The van der Waals surface area contributed by atoms with E-state index in [9.17, 15) is 24.5 Å². The average Bonchev–Trinajstić information content (AvgIpc) is 2.65. The molecule has 9 nitrogen and oxygen atoms in total. The fraction of sp³-hybridized carbons (Fsp3) is 0.0556. The second-order valence-electron chi connectivity index (χ2n) is 5.36. The summed E-state index contributed by atoms with van der Waals surface area (Å²) in [7, 11) is 0. The smallest absolute Gasteiger partial charge is 0.286 e. The van der Waals surface area contributed by atoms with Crippen LogP contribution in [-0.4, -0.2) is 22.6 Å². The van der Waals surface area contributed by atoms with Crippen molar-refractivity contribution in [1.82, 2.24) is 16.2 Å². The predicted octanol–water partition coefficient (Wildman–Crippen LogP) is 1.53. The lowest BCUT2D eigenvalue weighted by Gasteiger charge is -2.11. The Morgan fingerprint density at radius 2 is 1.59 bits per heavy atom. The minimum absolute atomic E-state index is 0.0577. The molecule has 138 valence electrons. The van der Waals surface area contributed by atoms with Crippen LogP contribution >= 0.6 is 0 Å². The van der Waals surface area contributed by atoms with E-state index in [1.807, 2.05) is 0 Å². The first kappa shape index (κ1) is 19.3. The molecule has 0 spiro atoms. The number of hydrazine groups is 1. The van der Waals surface area contributed by atoms with Crippen LogP contribution in [0.5, 0.6) is 0 Å². The van der Waals surface area contributed by atoms with Crippen LogP contribution in [0.1, 0.15) is 22.8 Å². The maximum Gasteiger partial charge on any atom is 0.286 e. The Morgan fingerprint density at radius 1 is 0.963 bits per heavy atom. The van der Waals surface area contributed by atoms with Gasteiger partial charge in [-0.25, -0.2) is 0 Å². The van der Waals surface area contributed by atoms with E-state index in [1.54, 1.807) is 30.3 Å². The predicted molar refractivity (Wildman–Crippen MR) is 96.9 cm³/mol. The molecule has 0 atom stereocenters. The molecule has 0 bridgehead atoms. The lowest BCUT2D eigenvalue weighted by atomic mass is 10.2. The number of nitrogens with one attached hydrogen (secondary N) is 3. The van der Waals surface area contributed by atoms with Crippen LogP contribution in [0.4, 0.5) is 5.69 Å². The fourth-order valence-electron chi connectivity index (χ4n) is 2.05. The van der Waals surface area contributed by atoms with Crippen molar-refractivity contribution in [2.75, 3.05) is 0 Å².